The van der Waals surface area contributed by atoms with Gasteiger partial charge < -0.3 is 9.47 Å². The lowest BCUT2D eigenvalue weighted by atomic mass is 10.4. The van der Waals surface area contributed by atoms with E-state index in [-0.39, 0.29) is 18.1 Å². The van der Waals surface area contributed by atoms with Gasteiger partial charge in [-0.25, -0.2) is 9.78 Å². The third-order valence-corrected chi connectivity index (χ3v) is 2.59. The number of aromatic nitrogens is 1. The lowest BCUT2D eigenvalue weighted by molar-refractivity contribution is -0.139. The molecule has 1 aromatic heterocycles. The van der Waals surface area contributed by atoms with Crippen LogP contribution >= 0.6 is 11.3 Å². The van der Waals surface area contributed by atoms with Gasteiger partial charge in [0, 0.05) is 5.38 Å². The van der Waals surface area contributed by atoms with E-state index in [9.17, 15) is 9.59 Å². The molecule has 5 nitrogen and oxygen atoms in total. The summed E-state index contributed by atoms with van der Waals surface area (Å²) in [6, 6.07) is 0. The minimum Gasteiger partial charge on any atom is -0.469 e. The molecule has 0 bridgehead atoms. The van der Waals surface area contributed by atoms with Gasteiger partial charge in [0.1, 0.15) is 5.01 Å². The number of hydrogen-bond donors (Lipinski definition) is 0. The zero-order valence-corrected chi connectivity index (χ0v) is 10.5. The van der Waals surface area contributed by atoms with Crippen LogP contribution in [0.25, 0.3) is 6.08 Å². The predicted octanol–water partition coefficient (Wildman–Crippen LogP) is 1.90. The minimum absolute atomic E-state index is 0.185. The van der Waals surface area contributed by atoms with E-state index in [4.69, 9.17) is 4.74 Å². The van der Waals surface area contributed by atoms with Crippen molar-refractivity contribution in [1.82, 2.24) is 4.98 Å². The number of thiazole rings is 1. The van der Waals surface area contributed by atoms with Crippen molar-refractivity contribution in [2.45, 2.75) is 13.3 Å². The van der Waals surface area contributed by atoms with Crippen LogP contribution in [0.2, 0.25) is 0 Å². The molecule has 6 heteroatoms. The molecule has 1 aromatic rings. The molecular formula is C11H13NO4S. The first-order valence-electron chi connectivity index (χ1n) is 5.03. The lowest BCUT2D eigenvalue weighted by Gasteiger charge is -1.95. The highest BCUT2D eigenvalue weighted by Gasteiger charge is 2.09. The van der Waals surface area contributed by atoms with Gasteiger partial charge in [-0.1, -0.05) is 6.08 Å². The molecule has 0 aromatic carbocycles. The Morgan fingerprint density at radius 2 is 2.29 bits per heavy atom. The Labute approximate surface area is 103 Å². The smallest absolute Gasteiger partial charge is 0.357 e. The summed E-state index contributed by atoms with van der Waals surface area (Å²) in [5.74, 6) is -0.750. The quantitative estimate of drug-likeness (QED) is 0.752. The summed E-state index contributed by atoms with van der Waals surface area (Å²) in [7, 11) is 1.33. The summed E-state index contributed by atoms with van der Waals surface area (Å²) in [6.45, 7) is 2.06. The third kappa shape index (κ3) is 4.36. The number of carbonyl (C=O) groups excluding carboxylic acids is 2. The van der Waals surface area contributed by atoms with Crippen LogP contribution in [-0.4, -0.2) is 30.6 Å². The molecular weight excluding hydrogens is 242 g/mol. The zero-order chi connectivity index (χ0) is 12.7. The molecule has 0 saturated carbocycles. The maximum atomic E-state index is 11.3. The number of ether oxygens (including phenoxy) is 2. The summed E-state index contributed by atoms with van der Waals surface area (Å²) in [5, 5.41) is 2.27. The topological polar surface area (TPSA) is 65.5 Å². The molecule has 0 atom stereocenters. The molecule has 0 N–H and O–H groups in total. The standard InChI is InChI=1S/C11H13NO4S/c1-3-16-11(14)8-7-17-9(12-8)5-4-6-10(13)15-2/h4-5,7H,3,6H2,1-2H3. The Morgan fingerprint density at radius 3 is 2.94 bits per heavy atom. The van der Waals surface area contributed by atoms with Crippen LogP contribution in [-0.2, 0) is 14.3 Å². The average Bonchev–Trinajstić information content (AvgIpc) is 2.78. The Bertz CT molecular complexity index is 425. The van der Waals surface area contributed by atoms with Gasteiger partial charge in [0.05, 0.1) is 20.1 Å². The van der Waals surface area contributed by atoms with Crippen molar-refractivity contribution in [2.75, 3.05) is 13.7 Å². The average molecular weight is 255 g/mol. The second-order valence-electron chi connectivity index (χ2n) is 2.97. The first-order valence-corrected chi connectivity index (χ1v) is 5.91. The van der Waals surface area contributed by atoms with E-state index in [2.05, 4.69) is 9.72 Å². The second-order valence-corrected chi connectivity index (χ2v) is 3.86. The molecule has 0 aliphatic heterocycles. The first kappa shape index (κ1) is 13.4. The zero-order valence-electron chi connectivity index (χ0n) is 9.63. The van der Waals surface area contributed by atoms with E-state index in [0.717, 1.165) is 0 Å². The maximum absolute atomic E-state index is 11.3. The van der Waals surface area contributed by atoms with Crippen molar-refractivity contribution < 1.29 is 19.1 Å². The van der Waals surface area contributed by atoms with E-state index in [1.54, 1.807) is 24.5 Å². The Hall–Kier alpha value is -1.69. The minimum atomic E-state index is -0.434. The molecule has 1 heterocycles. The SMILES string of the molecule is CCOC(=O)c1csc(C=CCC(=O)OC)n1. The van der Waals surface area contributed by atoms with Gasteiger partial charge >= 0.3 is 11.9 Å². The summed E-state index contributed by atoms with van der Waals surface area (Å²) >= 11 is 1.31. The van der Waals surface area contributed by atoms with Gasteiger partial charge in [0.2, 0.25) is 0 Å². The number of esters is 2. The number of carbonyl (C=O) groups is 2. The highest BCUT2D eigenvalue weighted by atomic mass is 32.1. The predicted molar refractivity (Wildman–Crippen MR) is 63.7 cm³/mol. The van der Waals surface area contributed by atoms with Crippen molar-refractivity contribution in [3.05, 3.63) is 22.2 Å². The van der Waals surface area contributed by atoms with Gasteiger partial charge in [-0.2, -0.15) is 0 Å². The van der Waals surface area contributed by atoms with E-state index in [0.29, 0.717) is 11.6 Å². The van der Waals surface area contributed by atoms with E-state index in [1.807, 2.05) is 0 Å². The van der Waals surface area contributed by atoms with Gasteiger partial charge in [-0.3, -0.25) is 4.79 Å². The molecule has 0 saturated heterocycles. The number of nitrogens with zero attached hydrogens (tertiary/aromatic N) is 1. The summed E-state index contributed by atoms with van der Waals surface area (Å²) in [6.07, 6.45) is 3.49. The van der Waals surface area contributed by atoms with Gasteiger partial charge in [0.15, 0.2) is 5.69 Å². The molecule has 0 aliphatic carbocycles. The van der Waals surface area contributed by atoms with Crippen LogP contribution in [0.1, 0.15) is 28.8 Å². The molecule has 0 spiro atoms. The highest BCUT2D eigenvalue weighted by molar-refractivity contribution is 7.10. The molecule has 0 radical (unpaired) electrons. The van der Waals surface area contributed by atoms with Crippen molar-refractivity contribution in [2.24, 2.45) is 0 Å². The Balaban J connectivity index is 2.56. The monoisotopic (exact) mass is 255 g/mol. The molecule has 92 valence electrons. The highest BCUT2D eigenvalue weighted by Crippen LogP contribution is 2.12. The molecule has 1 rings (SSSR count). The van der Waals surface area contributed by atoms with Crippen LogP contribution in [0.5, 0.6) is 0 Å². The largest absolute Gasteiger partial charge is 0.469 e. The van der Waals surface area contributed by atoms with Gasteiger partial charge in [-0.15, -0.1) is 11.3 Å². The molecule has 0 fully saturated rings. The molecule has 0 amide bonds. The fraction of sp³-hybridized carbons (Fsp3) is 0.364. The van der Waals surface area contributed by atoms with Crippen molar-refractivity contribution in [1.29, 1.82) is 0 Å². The Kier molecular flexibility index (Phi) is 5.35. The Morgan fingerprint density at radius 1 is 1.53 bits per heavy atom. The second kappa shape index (κ2) is 6.80. The third-order valence-electron chi connectivity index (χ3n) is 1.78. The molecule has 17 heavy (non-hydrogen) atoms. The maximum Gasteiger partial charge on any atom is 0.357 e. The van der Waals surface area contributed by atoms with Crippen LogP contribution in [0.15, 0.2) is 11.5 Å². The number of methoxy groups -OCH3 is 1. The van der Waals surface area contributed by atoms with Gasteiger partial charge in [-0.05, 0) is 13.0 Å². The van der Waals surface area contributed by atoms with E-state index < -0.39 is 5.97 Å². The molecule has 0 aliphatic rings. The summed E-state index contributed by atoms with van der Waals surface area (Å²) in [4.78, 5) is 26.2. The normalized spacial score (nSPS) is 10.5. The van der Waals surface area contributed by atoms with E-state index >= 15 is 0 Å². The van der Waals surface area contributed by atoms with Gasteiger partial charge in [0.25, 0.3) is 0 Å². The van der Waals surface area contributed by atoms with Crippen LogP contribution < -0.4 is 0 Å². The van der Waals surface area contributed by atoms with E-state index in [1.165, 1.54) is 18.4 Å². The van der Waals surface area contributed by atoms with Crippen LogP contribution in [0.4, 0.5) is 0 Å². The van der Waals surface area contributed by atoms with Crippen LogP contribution in [0.3, 0.4) is 0 Å². The molecule has 0 unspecified atom stereocenters. The first-order chi connectivity index (χ1) is 8.17. The number of rotatable bonds is 5. The van der Waals surface area contributed by atoms with Crippen molar-refractivity contribution in [3.63, 3.8) is 0 Å². The fourth-order valence-electron chi connectivity index (χ4n) is 1.00. The summed E-state index contributed by atoms with van der Waals surface area (Å²) in [5.41, 5.74) is 0.287. The van der Waals surface area contributed by atoms with Crippen LogP contribution in [0, 0.1) is 0 Å². The van der Waals surface area contributed by atoms with Crippen molar-refractivity contribution in [3.8, 4) is 0 Å². The number of hydrogen-bond acceptors (Lipinski definition) is 6. The summed E-state index contributed by atoms with van der Waals surface area (Å²) < 4.78 is 9.29. The van der Waals surface area contributed by atoms with Crippen molar-refractivity contribution >= 4 is 29.4 Å². The fourth-order valence-corrected chi connectivity index (χ4v) is 1.71. The lowest BCUT2D eigenvalue weighted by Crippen LogP contribution is -2.04.